The Kier molecular flexibility index (Phi) is 3.60. The molecule has 3 nitrogen and oxygen atoms in total. The van der Waals surface area contributed by atoms with E-state index in [0.29, 0.717) is 0 Å². The molecule has 2 saturated heterocycles. The Morgan fingerprint density at radius 3 is 2.87 bits per heavy atom. The summed E-state index contributed by atoms with van der Waals surface area (Å²) in [5.41, 5.74) is 6.28. The van der Waals surface area contributed by atoms with Gasteiger partial charge in [-0.3, -0.25) is 4.90 Å². The standard InChI is InChI=1S/C11H23N3S/c1-13-5-4-11(8-12,9-13)14(2)10-3-6-15-7-10/h10H,3-9,12H2,1-2H3. The van der Waals surface area contributed by atoms with Crippen LogP contribution in [0.15, 0.2) is 0 Å². The van der Waals surface area contributed by atoms with Gasteiger partial charge in [0.15, 0.2) is 0 Å². The molecule has 2 aliphatic rings. The summed E-state index contributed by atoms with van der Waals surface area (Å²) in [5.74, 6) is 2.62. The zero-order valence-electron chi connectivity index (χ0n) is 9.91. The van der Waals surface area contributed by atoms with Crippen LogP contribution in [0.5, 0.6) is 0 Å². The Morgan fingerprint density at radius 2 is 2.40 bits per heavy atom. The van der Waals surface area contributed by atoms with Crippen molar-refractivity contribution in [3.05, 3.63) is 0 Å². The first-order valence-corrected chi connectivity index (χ1v) is 7.03. The second-order valence-electron chi connectivity index (χ2n) is 5.04. The van der Waals surface area contributed by atoms with E-state index in [-0.39, 0.29) is 5.54 Å². The van der Waals surface area contributed by atoms with Crippen LogP contribution in [0.4, 0.5) is 0 Å². The summed E-state index contributed by atoms with van der Waals surface area (Å²) in [4.78, 5) is 4.99. The molecule has 2 N–H and O–H groups in total. The van der Waals surface area contributed by atoms with Gasteiger partial charge in [0.1, 0.15) is 0 Å². The molecule has 2 unspecified atom stereocenters. The molecule has 0 radical (unpaired) electrons. The summed E-state index contributed by atoms with van der Waals surface area (Å²) < 4.78 is 0. The Bertz CT molecular complexity index is 218. The largest absolute Gasteiger partial charge is 0.329 e. The van der Waals surface area contributed by atoms with Gasteiger partial charge in [-0.1, -0.05) is 0 Å². The number of hydrogen-bond acceptors (Lipinski definition) is 4. The number of nitrogens with two attached hydrogens (primary N) is 1. The first-order chi connectivity index (χ1) is 7.18. The predicted octanol–water partition coefficient (Wildman–Crippen LogP) is 0.457. The van der Waals surface area contributed by atoms with Crippen LogP contribution < -0.4 is 5.73 Å². The highest BCUT2D eigenvalue weighted by Crippen LogP contribution is 2.31. The minimum atomic E-state index is 0.254. The van der Waals surface area contributed by atoms with E-state index in [4.69, 9.17) is 5.73 Å². The molecule has 2 atom stereocenters. The van der Waals surface area contributed by atoms with E-state index in [1.807, 2.05) is 0 Å². The molecule has 0 aromatic rings. The zero-order valence-corrected chi connectivity index (χ0v) is 10.7. The molecule has 0 aliphatic carbocycles. The van der Waals surface area contributed by atoms with Crippen LogP contribution in [0.2, 0.25) is 0 Å². The zero-order chi connectivity index (χ0) is 10.9. The van der Waals surface area contributed by atoms with Gasteiger partial charge in [0, 0.05) is 30.4 Å². The van der Waals surface area contributed by atoms with Crippen molar-refractivity contribution in [2.24, 2.45) is 5.73 Å². The molecule has 2 fully saturated rings. The molecule has 0 aromatic heterocycles. The molecule has 0 bridgehead atoms. The van der Waals surface area contributed by atoms with Gasteiger partial charge in [-0.15, -0.1) is 0 Å². The highest BCUT2D eigenvalue weighted by molar-refractivity contribution is 7.99. The normalized spacial score (nSPS) is 38.0. The van der Waals surface area contributed by atoms with Gasteiger partial charge >= 0.3 is 0 Å². The van der Waals surface area contributed by atoms with Crippen LogP contribution in [-0.4, -0.2) is 66.6 Å². The average Bonchev–Trinajstić information content (AvgIpc) is 2.86. The maximum absolute atomic E-state index is 6.02. The van der Waals surface area contributed by atoms with Crippen molar-refractivity contribution in [3.8, 4) is 0 Å². The molecule has 88 valence electrons. The Balaban J connectivity index is 2.04. The van der Waals surface area contributed by atoms with Crippen molar-refractivity contribution in [2.45, 2.75) is 24.4 Å². The Morgan fingerprint density at radius 1 is 1.60 bits per heavy atom. The highest BCUT2D eigenvalue weighted by atomic mass is 32.2. The van der Waals surface area contributed by atoms with E-state index in [0.717, 1.165) is 19.1 Å². The molecule has 15 heavy (non-hydrogen) atoms. The van der Waals surface area contributed by atoms with Crippen LogP contribution >= 0.6 is 11.8 Å². The smallest absolute Gasteiger partial charge is 0.0470 e. The molecular weight excluding hydrogens is 206 g/mol. The van der Waals surface area contributed by atoms with Gasteiger partial charge in [-0.05, 0) is 39.2 Å². The van der Waals surface area contributed by atoms with Gasteiger partial charge in [-0.2, -0.15) is 11.8 Å². The molecule has 2 heterocycles. The summed E-state index contributed by atoms with van der Waals surface area (Å²) in [5, 5.41) is 0. The third kappa shape index (κ3) is 2.18. The number of likely N-dealkylation sites (N-methyl/N-ethyl adjacent to an activating group) is 2. The van der Waals surface area contributed by atoms with E-state index >= 15 is 0 Å². The van der Waals surface area contributed by atoms with E-state index in [9.17, 15) is 0 Å². The minimum Gasteiger partial charge on any atom is -0.329 e. The molecule has 0 saturated carbocycles. The number of nitrogens with zero attached hydrogens (tertiary/aromatic N) is 2. The highest BCUT2D eigenvalue weighted by Gasteiger charge is 2.42. The fourth-order valence-corrected chi connectivity index (χ4v) is 4.14. The maximum Gasteiger partial charge on any atom is 0.0470 e. The summed E-state index contributed by atoms with van der Waals surface area (Å²) in [6.07, 6.45) is 2.57. The lowest BCUT2D eigenvalue weighted by atomic mass is 9.94. The van der Waals surface area contributed by atoms with Crippen molar-refractivity contribution in [1.29, 1.82) is 0 Å². The Hall–Kier alpha value is 0.230. The molecule has 0 amide bonds. The first-order valence-electron chi connectivity index (χ1n) is 5.87. The third-order valence-electron chi connectivity index (χ3n) is 4.10. The average molecular weight is 229 g/mol. The van der Waals surface area contributed by atoms with Gasteiger partial charge in [0.25, 0.3) is 0 Å². The predicted molar refractivity (Wildman–Crippen MR) is 67.4 cm³/mol. The summed E-state index contributed by atoms with van der Waals surface area (Å²) in [6.45, 7) is 3.14. The molecule has 2 aliphatic heterocycles. The number of rotatable bonds is 3. The van der Waals surface area contributed by atoms with Gasteiger partial charge in [-0.25, -0.2) is 0 Å². The van der Waals surface area contributed by atoms with E-state index < -0.39 is 0 Å². The molecule has 0 spiro atoms. The maximum atomic E-state index is 6.02. The van der Waals surface area contributed by atoms with Crippen molar-refractivity contribution in [1.82, 2.24) is 9.80 Å². The summed E-state index contributed by atoms with van der Waals surface area (Å²) in [6, 6.07) is 0.755. The van der Waals surface area contributed by atoms with Crippen molar-refractivity contribution in [2.75, 3.05) is 45.2 Å². The second kappa shape index (κ2) is 4.62. The summed E-state index contributed by atoms with van der Waals surface area (Å²) in [7, 11) is 4.48. The van der Waals surface area contributed by atoms with Crippen LogP contribution in [0.3, 0.4) is 0 Å². The topological polar surface area (TPSA) is 32.5 Å². The van der Waals surface area contributed by atoms with Crippen LogP contribution in [0.25, 0.3) is 0 Å². The third-order valence-corrected chi connectivity index (χ3v) is 5.25. The van der Waals surface area contributed by atoms with Crippen molar-refractivity contribution < 1.29 is 0 Å². The van der Waals surface area contributed by atoms with E-state index in [2.05, 4.69) is 35.7 Å². The van der Waals surface area contributed by atoms with E-state index in [1.165, 1.54) is 30.9 Å². The number of likely N-dealkylation sites (tertiary alicyclic amines) is 1. The number of hydrogen-bond donors (Lipinski definition) is 1. The molecule has 0 aromatic carbocycles. The minimum absolute atomic E-state index is 0.254. The van der Waals surface area contributed by atoms with Crippen LogP contribution in [-0.2, 0) is 0 Å². The SMILES string of the molecule is CN1CCC(CN)(N(C)C2CCSC2)C1. The second-order valence-corrected chi connectivity index (χ2v) is 6.19. The quantitative estimate of drug-likeness (QED) is 0.762. The fourth-order valence-electron chi connectivity index (χ4n) is 2.87. The molecular formula is C11H23N3S. The van der Waals surface area contributed by atoms with Gasteiger partial charge in [0.2, 0.25) is 0 Å². The van der Waals surface area contributed by atoms with Gasteiger partial charge < -0.3 is 10.6 Å². The number of thioether (sulfide) groups is 1. The van der Waals surface area contributed by atoms with Crippen LogP contribution in [0.1, 0.15) is 12.8 Å². The summed E-state index contributed by atoms with van der Waals surface area (Å²) >= 11 is 2.08. The first kappa shape index (κ1) is 11.7. The van der Waals surface area contributed by atoms with E-state index in [1.54, 1.807) is 0 Å². The fraction of sp³-hybridized carbons (Fsp3) is 1.00. The van der Waals surface area contributed by atoms with Crippen LogP contribution in [0, 0.1) is 0 Å². The van der Waals surface area contributed by atoms with Gasteiger partial charge in [0.05, 0.1) is 0 Å². The lowest BCUT2D eigenvalue weighted by Gasteiger charge is -2.41. The monoisotopic (exact) mass is 229 g/mol. The lowest BCUT2D eigenvalue weighted by Crippen LogP contribution is -2.57. The van der Waals surface area contributed by atoms with Crippen molar-refractivity contribution >= 4 is 11.8 Å². The molecule has 4 heteroatoms. The lowest BCUT2D eigenvalue weighted by molar-refractivity contribution is 0.0954. The Labute approximate surface area is 97.4 Å². The van der Waals surface area contributed by atoms with Crippen molar-refractivity contribution in [3.63, 3.8) is 0 Å². The molecule has 2 rings (SSSR count).